The summed E-state index contributed by atoms with van der Waals surface area (Å²) in [5.74, 6) is 2.13. The van der Waals surface area contributed by atoms with Gasteiger partial charge in [-0.2, -0.15) is 0 Å². The summed E-state index contributed by atoms with van der Waals surface area (Å²) in [7, 11) is 3.25. The fourth-order valence-electron chi connectivity index (χ4n) is 2.96. The third-order valence-corrected chi connectivity index (χ3v) is 4.67. The van der Waals surface area contributed by atoms with Crippen molar-refractivity contribution in [3.05, 3.63) is 53.1 Å². The first-order chi connectivity index (χ1) is 13.5. The number of amides is 1. The molecule has 2 rings (SSSR count). The molecular formula is C23H31NO4. The van der Waals surface area contributed by atoms with E-state index >= 15 is 0 Å². The monoisotopic (exact) mass is 385 g/mol. The number of benzene rings is 2. The molecular weight excluding hydrogens is 354 g/mol. The number of methoxy groups -OCH3 is 2. The van der Waals surface area contributed by atoms with E-state index in [1.54, 1.807) is 14.2 Å². The van der Waals surface area contributed by atoms with Gasteiger partial charge in [-0.3, -0.25) is 4.79 Å². The van der Waals surface area contributed by atoms with Crippen LogP contribution in [0.4, 0.5) is 0 Å². The molecule has 0 saturated heterocycles. The van der Waals surface area contributed by atoms with E-state index in [0.717, 1.165) is 41.0 Å². The fraction of sp³-hybridized carbons (Fsp3) is 0.435. The van der Waals surface area contributed by atoms with Crippen molar-refractivity contribution in [2.24, 2.45) is 0 Å². The van der Waals surface area contributed by atoms with Gasteiger partial charge in [0.1, 0.15) is 5.75 Å². The maximum absolute atomic E-state index is 12.5. The summed E-state index contributed by atoms with van der Waals surface area (Å²) in [6, 6.07) is 11.9. The molecule has 1 N–H and O–H groups in total. The van der Waals surface area contributed by atoms with Gasteiger partial charge in [0, 0.05) is 6.54 Å². The average molecular weight is 386 g/mol. The number of ether oxygens (including phenoxy) is 3. The van der Waals surface area contributed by atoms with Gasteiger partial charge < -0.3 is 19.5 Å². The maximum Gasteiger partial charge on any atom is 0.261 e. The Hall–Kier alpha value is -2.69. The Morgan fingerprint density at radius 2 is 1.75 bits per heavy atom. The highest BCUT2D eigenvalue weighted by Gasteiger charge is 2.18. The standard InChI is InChI=1S/C23H31NO4/c1-6-19(28-21-14-16(2)9-10-17(21)3)23(25)24-13-7-8-18-11-12-20(26-4)22(15-18)27-5/h9-12,14-15,19H,6-8,13H2,1-5H3,(H,24,25)/t19-/m1/s1. The molecule has 0 aromatic heterocycles. The van der Waals surface area contributed by atoms with Crippen LogP contribution in [0, 0.1) is 13.8 Å². The predicted molar refractivity (Wildman–Crippen MR) is 111 cm³/mol. The predicted octanol–water partition coefficient (Wildman–Crippen LogP) is 4.23. The number of aryl methyl sites for hydroxylation is 3. The average Bonchev–Trinajstić information content (AvgIpc) is 2.71. The highest BCUT2D eigenvalue weighted by Crippen LogP contribution is 2.28. The van der Waals surface area contributed by atoms with Crippen molar-refractivity contribution in [3.63, 3.8) is 0 Å². The Balaban J connectivity index is 1.84. The van der Waals surface area contributed by atoms with Gasteiger partial charge in [-0.1, -0.05) is 25.1 Å². The number of nitrogens with one attached hydrogen (secondary N) is 1. The molecule has 1 atom stereocenters. The summed E-state index contributed by atoms with van der Waals surface area (Å²) >= 11 is 0. The number of hydrogen-bond donors (Lipinski definition) is 1. The Labute approximate surface area is 168 Å². The first-order valence-electron chi connectivity index (χ1n) is 9.71. The Bertz CT molecular complexity index is 788. The van der Waals surface area contributed by atoms with E-state index in [-0.39, 0.29) is 5.91 Å². The minimum absolute atomic E-state index is 0.0734. The van der Waals surface area contributed by atoms with E-state index in [2.05, 4.69) is 5.32 Å². The van der Waals surface area contributed by atoms with Crippen LogP contribution in [0.15, 0.2) is 36.4 Å². The molecule has 0 aliphatic carbocycles. The van der Waals surface area contributed by atoms with Crippen molar-refractivity contribution in [2.45, 2.75) is 46.1 Å². The molecule has 0 aliphatic rings. The molecule has 0 heterocycles. The smallest absolute Gasteiger partial charge is 0.261 e. The summed E-state index contributed by atoms with van der Waals surface area (Å²) in [6.07, 6.45) is 1.81. The van der Waals surface area contributed by atoms with Gasteiger partial charge in [-0.25, -0.2) is 0 Å². The van der Waals surface area contributed by atoms with Gasteiger partial charge in [-0.05, 0) is 68.0 Å². The summed E-state index contributed by atoms with van der Waals surface area (Å²) < 4.78 is 16.6. The fourth-order valence-corrected chi connectivity index (χ4v) is 2.96. The van der Waals surface area contributed by atoms with Gasteiger partial charge in [0.2, 0.25) is 0 Å². The molecule has 0 bridgehead atoms. The summed E-state index contributed by atoms with van der Waals surface area (Å²) in [6.45, 7) is 6.56. The molecule has 2 aromatic carbocycles. The van der Waals surface area contributed by atoms with Crippen LogP contribution in [-0.4, -0.2) is 32.8 Å². The third kappa shape index (κ3) is 5.91. The normalized spacial score (nSPS) is 11.6. The van der Waals surface area contributed by atoms with E-state index in [4.69, 9.17) is 14.2 Å². The van der Waals surface area contributed by atoms with Gasteiger partial charge >= 0.3 is 0 Å². The Morgan fingerprint density at radius 3 is 2.43 bits per heavy atom. The van der Waals surface area contributed by atoms with E-state index in [1.165, 1.54) is 0 Å². The molecule has 0 unspecified atom stereocenters. The van der Waals surface area contributed by atoms with Crippen LogP contribution in [0.2, 0.25) is 0 Å². The summed E-state index contributed by atoms with van der Waals surface area (Å²) in [5, 5.41) is 2.99. The van der Waals surface area contributed by atoms with Crippen LogP contribution < -0.4 is 19.5 Å². The molecule has 0 radical (unpaired) electrons. The lowest BCUT2D eigenvalue weighted by Gasteiger charge is -2.19. The topological polar surface area (TPSA) is 56.8 Å². The van der Waals surface area contributed by atoms with E-state index in [0.29, 0.717) is 18.7 Å². The zero-order valence-electron chi connectivity index (χ0n) is 17.5. The Morgan fingerprint density at radius 1 is 1.00 bits per heavy atom. The quantitative estimate of drug-likeness (QED) is 0.622. The van der Waals surface area contributed by atoms with Crippen molar-refractivity contribution >= 4 is 5.91 Å². The summed E-state index contributed by atoms with van der Waals surface area (Å²) in [4.78, 5) is 12.5. The molecule has 5 heteroatoms. The largest absolute Gasteiger partial charge is 0.493 e. The molecule has 5 nitrogen and oxygen atoms in total. The lowest BCUT2D eigenvalue weighted by molar-refractivity contribution is -0.128. The lowest BCUT2D eigenvalue weighted by atomic mass is 10.1. The van der Waals surface area contributed by atoms with Crippen LogP contribution in [0.5, 0.6) is 17.2 Å². The number of hydrogen-bond acceptors (Lipinski definition) is 4. The zero-order valence-corrected chi connectivity index (χ0v) is 17.5. The molecule has 28 heavy (non-hydrogen) atoms. The zero-order chi connectivity index (χ0) is 20.5. The molecule has 2 aromatic rings. The van der Waals surface area contributed by atoms with Gasteiger partial charge in [0.05, 0.1) is 14.2 Å². The van der Waals surface area contributed by atoms with Crippen molar-refractivity contribution in [3.8, 4) is 17.2 Å². The van der Waals surface area contributed by atoms with Crippen LogP contribution in [0.25, 0.3) is 0 Å². The second-order valence-corrected chi connectivity index (χ2v) is 6.87. The van der Waals surface area contributed by atoms with Crippen LogP contribution in [0.1, 0.15) is 36.5 Å². The lowest BCUT2D eigenvalue weighted by Crippen LogP contribution is -2.38. The molecule has 1 amide bonds. The first-order valence-corrected chi connectivity index (χ1v) is 9.71. The SMILES string of the molecule is CC[C@@H](Oc1cc(C)ccc1C)C(=O)NCCCc1ccc(OC)c(OC)c1. The van der Waals surface area contributed by atoms with Gasteiger partial charge in [0.25, 0.3) is 5.91 Å². The van der Waals surface area contributed by atoms with E-state index < -0.39 is 6.10 Å². The molecule has 0 fully saturated rings. The van der Waals surface area contributed by atoms with Crippen molar-refractivity contribution in [2.75, 3.05) is 20.8 Å². The number of rotatable bonds is 10. The van der Waals surface area contributed by atoms with Gasteiger partial charge in [0.15, 0.2) is 17.6 Å². The Kier molecular flexibility index (Phi) is 8.18. The third-order valence-electron chi connectivity index (χ3n) is 4.67. The minimum atomic E-state index is -0.485. The summed E-state index contributed by atoms with van der Waals surface area (Å²) in [5.41, 5.74) is 3.29. The molecule has 0 saturated carbocycles. The molecule has 0 aliphatic heterocycles. The van der Waals surface area contributed by atoms with Crippen LogP contribution in [0.3, 0.4) is 0 Å². The maximum atomic E-state index is 12.5. The highest BCUT2D eigenvalue weighted by atomic mass is 16.5. The van der Waals surface area contributed by atoms with Gasteiger partial charge in [-0.15, -0.1) is 0 Å². The molecule has 0 spiro atoms. The minimum Gasteiger partial charge on any atom is -0.493 e. The molecule has 152 valence electrons. The van der Waals surface area contributed by atoms with Crippen LogP contribution >= 0.6 is 0 Å². The second kappa shape index (κ2) is 10.6. The first kappa shape index (κ1) is 21.6. The number of carbonyl (C=O) groups is 1. The van der Waals surface area contributed by atoms with Crippen molar-refractivity contribution < 1.29 is 19.0 Å². The van der Waals surface area contributed by atoms with Crippen molar-refractivity contribution in [1.82, 2.24) is 5.32 Å². The second-order valence-electron chi connectivity index (χ2n) is 6.87. The highest BCUT2D eigenvalue weighted by molar-refractivity contribution is 5.81. The van der Waals surface area contributed by atoms with E-state index in [9.17, 15) is 4.79 Å². The van der Waals surface area contributed by atoms with Crippen molar-refractivity contribution in [1.29, 1.82) is 0 Å². The van der Waals surface area contributed by atoms with E-state index in [1.807, 2.05) is 57.2 Å². The van der Waals surface area contributed by atoms with Crippen LogP contribution in [-0.2, 0) is 11.2 Å². The number of carbonyl (C=O) groups excluding carboxylic acids is 1.